The second-order valence-electron chi connectivity index (χ2n) is 4.72. The molecule has 3 aromatic rings. The molecule has 6 heteroatoms. The molecule has 3 rings (SSSR count). The van der Waals surface area contributed by atoms with E-state index in [4.69, 9.17) is 0 Å². The van der Waals surface area contributed by atoms with Gasteiger partial charge in [0.15, 0.2) is 0 Å². The second-order valence-corrected chi connectivity index (χ2v) is 5.95. The summed E-state index contributed by atoms with van der Waals surface area (Å²) in [5.41, 5.74) is 1.07. The van der Waals surface area contributed by atoms with Crippen LogP contribution in [0, 0.1) is 6.92 Å². The number of hydrogen-bond donors (Lipinski definition) is 2. The smallest absolute Gasteiger partial charge is 0.225 e. The van der Waals surface area contributed by atoms with Crippen LogP contribution in [0.3, 0.4) is 0 Å². The van der Waals surface area contributed by atoms with Gasteiger partial charge < -0.3 is 10.6 Å². The van der Waals surface area contributed by atoms with E-state index in [0.29, 0.717) is 5.95 Å². The molecule has 0 radical (unpaired) electrons. The van der Waals surface area contributed by atoms with Crippen LogP contribution in [-0.2, 0) is 6.42 Å². The van der Waals surface area contributed by atoms with Crippen LogP contribution in [0.1, 0.15) is 10.6 Å². The zero-order chi connectivity index (χ0) is 14.7. The summed E-state index contributed by atoms with van der Waals surface area (Å²) in [5.74, 6) is 1.52. The van der Waals surface area contributed by atoms with Gasteiger partial charge in [0.05, 0.1) is 5.39 Å². The maximum absolute atomic E-state index is 4.52. The van der Waals surface area contributed by atoms with Gasteiger partial charge in [-0.25, -0.2) is 4.98 Å². The van der Waals surface area contributed by atoms with Crippen LogP contribution < -0.4 is 10.6 Å². The number of aryl methyl sites for hydroxylation is 1. The largest absolute Gasteiger partial charge is 0.369 e. The van der Waals surface area contributed by atoms with Gasteiger partial charge in [-0.1, -0.05) is 6.07 Å². The highest BCUT2D eigenvalue weighted by molar-refractivity contribution is 7.18. The quantitative estimate of drug-likeness (QED) is 0.758. The molecule has 108 valence electrons. The van der Waals surface area contributed by atoms with Crippen molar-refractivity contribution in [3.63, 3.8) is 0 Å². The van der Waals surface area contributed by atoms with Gasteiger partial charge in [-0.3, -0.25) is 4.98 Å². The van der Waals surface area contributed by atoms with Crippen LogP contribution >= 0.6 is 11.3 Å². The van der Waals surface area contributed by atoms with E-state index in [1.54, 1.807) is 11.3 Å². The standard InChI is InChI=1S/C15H17N5S/c1-10-9-12-13(19-15(16-2)20-14(12)21-10)18-8-6-11-5-3-4-7-17-11/h3-5,7,9H,6,8H2,1-2H3,(H2,16,18,19,20). The first kappa shape index (κ1) is 13.8. The minimum Gasteiger partial charge on any atom is -0.369 e. The monoisotopic (exact) mass is 299 g/mol. The lowest BCUT2D eigenvalue weighted by molar-refractivity contribution is 0.955. The average molecular weight is 299 g/mol. The predicted molar refractivity (Wildman–Crippen MR) is 88.1 cm³/mol. The fourth-order valence-corrected chi connectivity index (χ4v) is 3.02. The molecule has 0 aliphatic heterocycles. The van der Waals surface area contributed by atoms with Gasteiger partial charge in [0.25, 0.3) is 0 Å². The van der Waals surface area contributed by atoms with Crippen molar-refractivity contribution in [2.45, 2.75) is 13.3 Å². The first-order valence-corrected chi connectivity index (χ1v) is 7.67. The van der Waals surface area contributed by atoms with Gasteiger partial charge in [-0.05, 0) is 25.1 Å². The summed E-state index contributed by atoms with van der Waals surface area (Å²) in [6, 6.07) is 8.10. The Hall–Kier alpha value is -2.21. The Labute approximate surface area is 127 Å². The van der Waals surface area contributed by atoms with Crippen LogP contribution in [0.4, 0.5) is 11.8 Å². The minimum atomic E-state index is 0.643. The number of hydrogen-bond acceptors (Lipinski definition) is 6. The lowest BCUT2D eigenvalue weighted by Crippen LogP contribution is -2.09. The van der Waals surface area contributed by atoms with E-state index in [1.807, 2.05) is 31.4 Å². The summed E-state index contributed by atoms with van der Waals surface area (Å²) in [6.07, 6.45) is 2.68. The van der Waals surface area contributed by atoms with Crippen molar-refractivity contribution in [1.82, 2.24) is 15.0 Å². The zero-order valence-electron chi connectivity index (χ0n) is 12.1. The highest BCUT2D eigenvalue weighted by Gasteiger charge is 2.09. The summed E-state index contributed by atoms with van der Waals surface area (Å²) in [7, 11) is 1.83. The van der Waals surface area contributed by atoms with Crippen LogP contribution in [0.25, 0.3) is 10.2 Å². The number of fused-ring (bicyclic) bond motifs is 1. The fourth-order valence-electron chi connectivity index (χ4n) is 2.14. The normalized spacial score (nSPS) is 10.8. The summed E-state index contributed by atoms with van der Waals surface area (Å²) in [5, 5.41) is 7.49. The predicted octanol–water partition coefficient (Wildman–Crippen LogP) is 3.09. The van der Waals surface area contributed by atoms with E-state index in [1.165, 1.54) is 4.88 Å². The van der Waals surface area contributed by atoms with Crippen molar-refractivity contribution in [1.29, 1.82) is 0 Å². The Morgan fingerprint density at radius 3 is 2.90 bits per heavy atom. The van der Waals surface area contributed by atoms with Crippen molar-refractivity contribution in [2.24, 2.45) is 0 Å². The maximum atomic E-state index is 4.52. The van der Waals surface area contributed by atoms with E-state index in [0.717, 1.165) is 34.7 Å². The molecule has 0 atom stereocenters. The van der Waals surface area contributed by atoms with Gasteiger partial charge in [-0.2, -0.15) is 4.98 Å². The minimum absolute atomic E-state index is 0.643. The third-order valence-corrected chi connectivity index (χ3v) is 4.08. The first-order valence-electron chi connectivity index (χ1n) is 6.86. The molecule has 3 heterocycles. The molecular weight excluding hydrogens is 282 g/mol. The number of rotatable bonds is 5. The van der Waals surface area contributed by atoms with Crippen LogP contribution in [0.5, 0.6) is 0 Å². The summed E-state index contributed by atoms with van der Waals surface area (Å²) >= 11 is 1.68. The number of pyridine rings is 1. The number of thiophene rings is 1. The highest BCUT2D eigenvalue weighted by atomic mass is 32.1. The third kappa shape index (κ3) is 3.11. The van der Waals surface area contributed by atoms with Crippen molar-refractivity contribution in [3.8, 4) is 0 Å². The molecule has 0 aliphatic carbocycles. The van der Waals surface area contributed by atoms with E-state index >= 15 is 0 Å². The molecule has 0 fully saturated rings. The molecule has 0 aliphatic rings. The van der Waals surface area contributed by atoms with Gasteiger partial charge in [-0.15, -0.1) is 11.3 Å². The molecule has 0 amide bonds. The number of anilines is 2. The highest BCUT2D eigenvalue weighted by Crippen LogP contribution is 2.29. The van der Waals surface area contributed by atoms with E-state index in [9.17, 15) is 0 Å². The number of nitrogens with zero attached hydrogens (tertiary/aromatic N) is 3. The Morgan fingerprint density at radius 2 is 2.14 bits per heavy atom. The molecular formula is C15H17N5S. The lowest BCUT2D eigenvalue weighted by Gasteiger charge is -2.08. The third-order valence-electron chi connectivity index (χ3n) is 3.14. The second kappa shape index (κ2) is 6.05. The summed E-state index contributed by atoms with van der Waals surface area (Å²) in [6.45, 7) is 2.88. The van der Waals surface area contributed by atoms with Gasteiger partial charge in [0.2, 0.25) is 5.95 Å². The van der Waals surface area contributed by atoms with Crippen LogP contribution in [-0.4, -0.2) is 28.5 Å². The molecule has 3 aromatic heterocycles. The van der Waals surface area contributed by atoms with Crippen LogP contribution in [0.15, 0.2) is 30.5 Å². The molecule has 2 N–H and O–H groups in total. The molecule has 0 saturated carbocycles. The van der Waals surface area contributed by atoms with Crippen molar-refractivity contribution < 1.29 is 0 Å². The molecule has 5 nitrogen and oxygen atoms in total. The molecule has 0 saturated heterocycles. The average Bonchev–Trinajstić information content (AvgIpc) is 2.88. The molecule has 0 aromatic carbocycles. The van der Waals surface area contributed by atoms with Gasteiger partial charge in [0, 0.05) is 36.8 Å². The topological polar surface area (TPSA) is 62.7 Å². The Morgan fingerprint density at radius 1 is 1.24 bits per heavy atom. The first-order chi connectivity index (χ1) is 10.3. The Bertz CT molecular complexity index is 738. The Kier molecular flexibility index (Phi) is 3.96. The lowest BCUT2D eigenvalue weighted by atomic mass is 10.2. The van der Waals surface area contributed by atoms with E-state index < -0.39 is 0 Å². The van der Waals surface area contributed by atoms with Crippen molar-refractivity contribution in [3.05, 3.63) is 41.0 Å². The molecule has 0 unspecified atom stereocenters. The van der Waals surface area contributed by atoms with Crippen LogP contribution in [0.2, 0.25) is 0 Å². The fraction of sp³-hybridized carbons (Fsp3) is 0.267. The van der Waals surface area contributed by atoms with E-state index in [2.05, 4.69) is 38.6 Å². The molecule has 0 bridgehead atoms. The number of nitrogens with one attached hydrogen (secondary N) is 2. The van der Waals surface area contributed by atoms with Crippen molar-refractivity contribution in [2.75, 3.05) is 24.2 Å². The molecule has 21 heavy (non-hydrogen) atoms. The zero-order valence-corrected chi connectivity index (χ0v) is 12.9. The van der Waals surface area contributed by atoms with Gasteiger partial charge in [0.1, 0.15) is 10.6 Å². The van der Waals surface area contributed by atoms with Gasteiger partial charge >= 0.3 is 0 Å². The summed E-state index contributed by atoms with van der Waals surface area (Å²) < 4.78 is 0. The number of aromatic nitrogens is 3. The SMILES string of the molecule is CNc1nc(NCCc2ccccn2)c2cc(C)sc2n1. The van der Waals surface area contributed by atoms with Crippen molar-refractivity contribution >= 4 is 33.3 Å². The van der Waals surface area contributed by atoms with E-state index in [-0.39, 0.29) is 0 Å². The summed E-state index contributed by atoms with van der Waals surface area (Å²) in [4.78, 5) is 15.6. The molecule has 0 spiro atoms. The maximum Gasteiger partial charge on any atom is 0.225 e. The Balaban J connectivity index is 1.79.